The van der Waals surface area contributed by atoms with Crippen molar-refractivity contribution in [3.05, 3.63) is 35.4 Å². The first-order valence-electron chi connectivity index (χ1n) is 11.8. The summed E-state index contributed by atoms with van der Waals surface area (Å²) in [5, 5.41) is 30.2. The van der Waals surface area contributed by atoms with Crippen molar-refractivity contribution < 1.29 is 28.3 Å². The van der Waals surface area contributed by atoms with Gasteiger partial charge in [0.05, 0.1) is 24.1 Å². The largest absolute Gasteiger partial charge is 0.393 e. The second kappa shape index (κ2) is 15.8. The van der Waals surface area contributed by atoms with Crippen LogP contribution in [-0.2, 0) is 16.5 Å². The Bertz CT molecular complexity index is 674. The Morgan fingerprint density at radius 2 is 1.26 bits per heavy atom. The number of aliphatic hydroxyl groups excluding tert-OH is 3. The molecule has 3 unspecified atom stereocenters. The molecule has 7 heteroatoms. The molecule has 0 bridgehead atoms. The summed E-state index contributed by atoms with van der Waals surface area (Å²) in [5.41, 5.74) is 2.12. The summed E-state index contributed by atoms with van der Waals surface area (Å²) in [7, 11) is -4.08. The maximum atomic E-state index is 10.7. The van der Waals surface area contributed by atoms with Crippen LogP contribution < -0.4 is 0 Å². The summed E-state index contributed by atoms with van der Waals surface area (Å²) >= 11 is 0. The van der Waals surface area contributed by atoms with Crippen LogP contribution >= 0.6 is 0 Å². The average Bonchev–Trinajstić information content (AvgIpc) is 2.73. The molecule has 180 valence electrons. The number of benzene rings is 1. The number of aliphatic hydroxyl groups is 3. The Labute approximate surface area is 188 Å². The van der Waals surface area contributed by atoms with E-state index in [2.05, 4.69) is 19.1 Å². The van der Waals surface area contributed by atoms with E-state index in [9.17, 15) is 23.7 Å². The molecule has 0 spiro atoms. The number of hydrogen-bond donors (Lipinski definition) is 4. The molecule has 1 rings (SSSR count). The van der Waals surface area contributed by atoms with Gasteiger partial charge in [0.2, 0.25) is 0 Å². The van der Waals surface area contributed by atoms with Gasteiger partial charge in [0, 0.05) is 0 Å². The highest BCUT2D eigenvalue weighted by Crippen LogP contribution is 2.22. The monoisotopic (exact) mass is 458 g/mol. The lowest BCUT2D eigenvalue weighted by molar-refractivity contribution is 0.0875. The summed E-state index contributed by atoms with van der Waals surface area (Å²) in [6.45, 7) is 2.23. The highest BCUT2D eigenvalue weighted by molar-refractivity contribution is 7.85. The second-order valence-corrected chi connectivity index (χ2v) is 10.2. The van der Waals surface area contributed by atoms with Crippen LogP contribution in [0.2, 0.25) is 0 Å². The van der Waals surface area contributed by atoms with Crippen molar-refractivity contribution in [3.63, 3.8) is 0 Å². The molecule has 0 aliphatic carbocycles. The third kappa shape index (κ3) is 14.6. The molecule has 0 saturated carbocycles. The molecule has 0 saturated heterocycles. The lowest BCUT2D eigenvalue weighted by Crippen LogP contribution is -2.17. The molecule has 0 aliphatic rings. The van der Waals surface area contributed by atoms with Gasteiger partial charge in [0.1, 0.15) is 0 Å². The van der Waals surface area contributed by atoms with Crippen molar-refractivity contribution in [2.24, 2.45) is 0 Å². The summed E-state index contributed by atoms with van der Waals surface area (Å²) in [6, 6.07) is 8.04. The van der Waals surface area contributed by atoms with Crippen LogP contribution in [0.5, 0.6) is 0 Å². The zero-order valence-electron chi connectivity index (χ0n) is 19.0. The molecule has 0 aromatic heterocycles. The highest BCUT2D eigenvalue weighted by Gasteiger charge is 2.15. The molecule has 1 aromatic carbocycles. The molecule has 0 amide bonds. The SMILES string of the molecule is CCCCCCCCCc1ccc(C(O)CCC(O)CCC(O)CCS(=O)(=O)O)cc1. The minimum Gasteiger partial charge on any atom is -0.393 e. The van der Waals surface area contributed by atoms with Gasteiger partial charge in [-0.15, -0.1) is 0 Å². The van der Waals surface area contributed by atoms with Crippen LogP contribution in [0, 0.1) is 0 Å². The number of unbranched alkanes of at least 4 members (excludes halogenated alkanes) is 6. The standard InChI is InChI=1S/C24H42O6S/c1-2-3-4-5-6-7-8-9-20-10-12-21(13-11-20)24(27)17-16-22(25)14-15-23(26)18-19-31(28,29)30/h10-13,22-27H,2-9,14-19H2,1H3,(H,28,29,30). The van der Waals surface area contributed by atoms with Gasteiger partial charge in [-0.2, -0.15) is 8.42 Å². The van der Waals surface area contributed by atoms with Crippen LogP contribution in [-0.4, -0.2) is 46.3 Å². The average molecular weight is 459 g/mol. The van der Waals surface area contributed by atoms with E-state index in [1.165, 1.54) is 50.5 Å². The van der Waals surface area contributed by atoms with E-state index < -0.39 is 34.2 Å². The normalized spacial score (nSPS) is 15.0. The van der Waals surface area contributed by atoms with E-state index in [0.717, 1.165) is 12.0 Å². The van der Waals surface area contributed by atoms with E-state index in [1.807, 2.05) is 12.1 Å². The maximum Gasteiger partial charge on any atom is 0.264 e. The van der Waals surface area contributed by atoms with Gasteiger partial charge in [-0.1, -0.05) is 69.7 Å². The molecule has 31 heavy (non-hydrogen) atoms. The molecule has 4 N–H and O–H groups in total. The fourth-order valence-electron chi connectivity index (χ4n) is 3.67. The Morgan fingerprint density at radius 3 is 1.84 bits per heavy atom. The van der Waals surface area contributed by atoms with Gasteiger partial charge in [-0.05, 0) is 56.1 Å². The first-order valence-corrected chi connectivity index (χ1v) is 13.4. The maximum absolute atomic E-state index is 10.7. The van der Waals surface area contributed by atoms with E-state index in [0.29, 0.717) is 19.3 Å². The van der Waals surface area contributed by atoms with Gasteiger partial charge in [-0.3, -0.25) is 4.55 Å². The summed E-state index contributed by atoms with van der Waals surface area (Å²) < 4.78 is 30.1. The predicted molar refractivity (Wildman–Crippen MR) is 125 cm³/mol. The number of aryl methyl sites for hydroxylation is 1. The molecular weight excluding hydrogens is 416 g/mol. The minimum atomic E-state index is -4.08. The van der Waals surface area contributed by atoms with Gasteiger partial charge in [-0.25, -0.2) is 0 Å². The predicted octanol–water partition coefficient (Wildman–Crippen LogP) is 4.57. The van der Waals surface area contributed by atoms with Crippen LogP contribution in [0.4, 0.5) is 0 Å². The van der Waals surface area contributed by atoms with Crippen LogP contribution in [0.3, 0.4) is 0 Å². The molecule has 0 aliphatic heterocycles. The molecule has 3 atom stereocenters. The van der Waals surface area contributed by atoms with Crippen LogP contribution in [0.25, 0.3) is 0 Å². The molecule has 6 nitrogen and oxygen atoms in total. The minimum absolute atomic E-state index is 0.0562. The molecule has 0 radical (unpaired) electrons. The smallest absolute Gasteiger partial charge is 0.264 e. The van der Waals surface area contributed by atoms with E-state index in [-0.39, 0.29) is 12.8 Å². The zero-order valence-corrected chi connectivity index (χ0v) is 19.8. The Balaban J connectivity index is 2.22. The van der Waals surface area contributed by atoms with Gasteiger partial charge < -0.3 is 15.3 Å². The summed E-state index contributed by atoms with van der Waals surface area (Å²) in [5.74, 6) is -0.488. The first-order chi connectivity index (χ1) is 14.7. The molecule has 1 aromatic rings. The van der Waals surface area contributed by atoms with E-state index in [1.54, 1.807) is 0 Å². The van der Waals surface area contributed by atoms with E-state index in [4.69, 9.17) is 4.55 Å². The number of rotatable bonds is 18. The van der Waals surface area contributed by atoms with E-state index >= 15 is 0 Å². The zero-order chi connectivity index (χ0) is 23.1. The van der Waals surface area contributed by atoms with Crippen LogP contribution in [0.1, 0.15) is 101 Å². The lowest BCUT2D eigenvalue weighted by atomic mass is 9.98. The second-order valence-electron chi connectivity index (χ2n) is 8.67. The lowest BCUT2D eigenvalue weighted by Gasteiger charge is -2.16. The molecular formula is C24H42O6S. The Morgan fingerprint density at radius 1 is 0.742 bits per heavy atom. The van der Waals surface area contributed by atoms with Crippen molar-refractivity contribution in [2.75, 3.05) is 5.75 Å². The van der Waals surface area contributed by atoms with Crippen LogP contribution in [0.15, 0.2) is 24.3 Å². The topological polar surface area (TPSA) is 115 Å². The number of hydrogen-bond acceptors (Lipinski definition) is 5. The summed E-state index contributed by atoms with van der Waals surface area (Å²) in [6.07, 6.45) is 9.21. The molecule has 0 heterocycles. The highest BCUT2D eigenvalue weighted by atomic mass is 32.2. The van der Waals surface area contributed by atoms with Crippen molar-refractivity contribution in [1.82, 2.24) is 0 Å². The van der Waals surface area contributed by atoms with Gasteiger partial charge in [0.25, 0.3) is 10.1 Å². The van der Waals surface area contributed by atoms with Crippen molar-refractivity contribution >= 4 is 10.1 Å². The third-order valence-corrected chi connectivity index (χ3v) is 6.50. The van der Waals surface area contributed by atoms with Gasteiger partial charge >= 0.3 is 0 Å². The molecule has 0 fully saturated rings. The fraction of sp³-hybridized carbons (Fsp3) is 0.750. The van der Waals surface area contributed by atoms with Crippen molar-refractivity contribution in [1.29, 1.82) is 0 Å². The third-order valence-electron chi connectivity index (χ3n) is 5.75. The quantitative estimate of drug-likeness (QED) is 0.189. The Kier molecular flexibility index (Phi) is 14.3. The fourth-order valence-corrected chi connectivity index (χ4v) is 4.24. The van der Waals surface area contributed by atoms with Gasteiger partial charge in [0.15, 0.2) is 0 Å². The Hall–Kier alpha value is -0.990. The summed E-state index contributed by atoms with van der Waals surface area (Å²) in [4.78, 5) is 0. The first kappa shape index (κ1) is 28.0. The van der Waals surface area contributed by atoms with Crippen molar-refractivity contribution in [2.45, 2.75) is 109 Å². The van der Waals surface area contributed by atoms with Crippen molar-refractivity contribution in [3.8, 4) is 0 Å².